The largest absolute Gasteiger partial charge is 0.315 e. The fraction of sp³-hybridized carbons (Fsp3) is 1.00. The van der Waals surface area contributed by atoms with E-state index in [1.165, 1.54) is 38.6 Å². The molecule has 0 saturated heterocycles. The molecule has 0 amide bonds. The first-order valence-corrected chi connectivity index (χ1v) is 6.13. The maximum atomic E-state index is 3.50. The van der Waals surface area contributed by atoms with Crippen LogP contribution in [-0.4, -0.2) is 38.1 Å². The normalized spacial score (nSPS) is 21.4. The number of nitrogens with zero attached hydrogens (tertiary/aromatic N) is 1. The van der Waals surface area contributed by atoms with Gasteiger partial charge in [0.15, 0.2) is 0 Å². The van der Waals surface area contributed by atoms with Crippen LogP contribution >= 0.6 is 0 Å². The molecule has 0 aromatic rings. The number of hydrogen-bond donors (Lipinski definition) is 1. The predicted octanol–water partition coefficient (Wildman–Crippen LogP) is 2.11. The molecule has 1 unspecified atom stereocenters. The first kappa shape index (κ1) is 12.0. The van der Waals surface area contributed by atoms with Crippen molar-refractivity contribution in [1.29, 1.82) is 0 Å². The van der Waals surface area contributed by atoms with Gasteiger partial charge in [-0.15, -0.1) is 0 Å². The molecule has 0 heterocycles. The van der Waals surface area contributed by atoms with Crippen LogP contribution in [0.4, 0.5) is 0 Å². The zero-order chi connectivity index (χ0) is 10.4. The summed E-state index contributed by atoms with van der Waals surface area (Å²) in [5.74, 6) is 0.919. The summed E-state index contributed by atoms with van der Waals surface area (Å²) < 4.78 is 0. The van der Waals surface area contributed by atoms with Gasteiger partial charge >= 0.3 is 0 Å². The highest BCUT2D eigenvalue weighted by atomic mass is 15.1. The van der Waals surface area contributed by atoms with E-state index in [0.29, 0.717) is 6.04 Å². The van der Waals surface area contributed by atoms with Crippen LogP contribution in [0.25, 0.3) is 0 Å². The van der Waals surface area contributed by atoms with Gasteiger partial charge in [0.05, 0.1) is 0 Å². The van der Waals surface area contributed by atoms with Crippen LogP contribution in [0.2, 0.25) is 0 Å². The molecular weight excluding hydrogens is 172 g/mol. The summed E-state index contributed by atoms with van der Waals surface area (Å²) in [5.41, 5.74) is 0. The van der Waals surface area contributed by atoms with Crippen molar-refractivity contribution in [3.63, 3.8) is 0 Å². The van der Waals surface area contributed by atoms with Crippen molar-refractivity contribution in [2.24, 2.45) is 5.92 Å². The van der Waals surface area contributed by atoms with Crippen LogP contribution in [0.15, 0.2) is 0 Å². The highest BCUT2D eigenvalue weighted by molar-refractivity contribution is 4.80. The molecule has 84 valence electrons. The van der Waals surface area contributed by atoms with E-state index in [-0.39, 0.29) is 0 Å². The summed E-state index contributed by atoms with van der Waals surface area (Å²) in [5, 5.41) is 3.50. The number of nitrogens with one attached hydrogen (secondary N) is 1. The lowest BCUT2D eigenvalue weighted by Gasteiger charge is -2.32. The molecule has 1 atom stereocenters. The zero-order valence-electron chi connectivity index (χ0n) is 10.1. The Bertz CT molecular complexity index is 141. The van der Waals surface area contributed by atoms with Crippen molar-refractivity contribution in [2.45, 2.75) is 45.1 Å². The summed E-state index contributed by atoms with van der Waals surface area (Å²) in [6, 6.07) is 0.709. The Kier molecular flexibility index (Phi) is 5.49. The van der Waals surface area contributed by atoms with Crippen molar-refractivity contribution < 1.29 is 0 Å². The maximum Gasteiger partial charge on any atom is 0.0220 e. The van der Waals surface area contributed by atoms with Crippen molar-refractivity contribution in [3.05, 3.63) is 0 Å². The fourth-order valence-electron chi connectivity index (χ4n) is 2.48. The molecule has 1 N–H and O–H groups in total. The first-order valence-electron chi connectivity index (χ1n) is 6.13. The van der Waals surface area contributed by atoms with E-state index in [4.69, 9.17) is 0 Å². The standard InChI is InChI=1S/C12H26N2/c1-4-14(3)10-12(13-2)11-8-6-5-7-9-11/h11-13H,4-10H2,1-3H3. The molecular formula is C12H26N2. The Morgan fingerprint density at radius 2 is 1.93 bits per heavy atom. The molecule has 0 aliphatic heterocycles. The SMILES string of the molecule is CCN(C)CC(NC)C1CCCCC1. The maximum absolute atomic E-state index is 3.50. The molecule has 2 nitrogen and oxygen atoms in total. The van der Waals surface area contributed by atoms with E-state index in [0.717, 1.165) is 12.5 Å². The van der Waals surface area contributed by atoms with Crippen LogP contribution in [0.3, 0.4) is 0 Å². The highest BCUT2D eigenvalue weighted by Crippen LogP contribution is 2.26. The molecule has 1 aliphatic rings. The Hall–Kier alpha value is -0.0800. The van der Waals surface area contributed by atoms with Crippen LogP contribution in [0, 0.1) is 5.92 Å². The molecule has 1 saturated carbocycles. The second-order valence-electron chi connectivity index (χ2n) is 4.65. The van der Waals surface area contributed by atoms with Gasteiger partial charge in [0.2, 0.25) is 0 Å². The predicted molar refractivity (Wildman–Crippen MR) is 62.6 cm³/mol. The second kappa shape index (κ2) is 6.41. The molecule has 0 radical (unpaired) electrons. The third-order valence-corrected chi connectivity index (χ3v) is 3.64. The van der Waals surface area contributed by atoms with Crippen LogP contribution in [0.1, 0.15) is 39.0 Å². The van der Waals surface area contributed by atoms with Gasteiger partial charge in [-0.3, -0.25) is 0 Å². The molecule has 2 heteroatoms. The van der Waals surface area contributed by atoms with E-state index >= 15 is 0 Å². The lowest BCUT2D eigenvalue weighted by Crippen LogP contribution is -2.43. The van der Waals surface area contributed by atoms with Crippen LogP contribution < -0.4 is 5.32 Å². The smallest absolute Gasteiger partial charge is 0.0220 e. The van der Waals surface area contributed by atoms with Crippen LogP contribution in [-0.2, 0) is 0 Å². The van der Waals surface area contributed by atoms with E-state index in [1.54, 1.807) is 0 Å². The zero-order valence-corrected chi connectivity index (χ0v) is 10.1. The van der Waals surface area contributed by atoms with Crippen molar-refractivity contribution in [1.82, 2.24) is 10.2 Å². The minimum absolute atomic E-state index is 0.709. The summed E-state index contributed by atoms with van der Waals surface area (Å²) in [7, 11) is 4.33. The van der Waals surface area contributed by atoms with Gasteiger partial charge in [-0.05, 0) is 39.4 Å². The number of rotatable bonds is 5. The molecule has 0 spiro atoms. The van der Waals surface area contributed by atoms with E-state index in [1.807, 2.05) is 0 Å². The minimum Gasteiger partial charge on any atom is -0.315 e. The molecule has 0 aromatic carbocycles. The van der Waals surface area contributed by atoms with Gasteiger partial charge in [0.1, 0.15) is 0 Å². The van der Waals surface area contributed by atoms with E-state index in [2.05, 4.69) is 31.2 Å². The molecule has 1 rings (SSSR count). The van der Waals surface area contributed by atoms with Crippen molar-refractivity contribution in [2.75, 3.05) is 27.2 Å². The fourth-order valence-corrected chi connectivity index (χ4v) is 2.48. The molecule has 0 bridgehead atoms. The highest BCUT2D eigenvalue weighted by Gasteiger charge is 2.22. The van der Waals surface area contributed by atoms with Crippen molar-refractivity contribution in [3.8, 4) is 0 Å². The summed E-state index contributed by atoms with van der Waals surface area (Å²) in [4.78, 5) is 2.41. The summed E-state index contributed by atoms with van der Waals surface area (Å²) in [6.07, 6.45) is 7.21. The summed E-state index contributed by atoms with van der Waals surface area (Å²) >= 11 is 0. The van der Waals surface area contributed by atoms with Gasteiger partial charge < -0.3 is 10.2 Å². The van der Waals surface area contributed by atoms with Gasteiger partial charge in [-0.25, -0.2) is 0 Å². The Morgan fingerprint density at radius 1 is 1.29 bits per heavy atom. The van der Waals surface area contributed by atoms with Gasteiger partial charge in [-0.2, -0.15) is 0 Å². The Balaban J connectivity index is 2.35. The summed E-state index contributed by atoms with van der Waals surface area (Å²) in [6.45, 7) is 4.59. The average molecular weight is 198 g/mol. The molecule has 1 aliphatic carbocycles. The second-order valence-corrected chi connectivity index (χ2v) is 4.65. The minimum atomic E-state index is 0.709. The lowest BCUT2D eigenvalue weighted by atomic mass is 9.84. The van der Waals surface area contributed by atoms with Gasteiger partial charge in [0.25, 0.3) is 0 Å². The average Bonchev–Trinajstić information content (AvgIpc) is 2.26. The van der Waals surface area contributed by atoms with E-state index in [9.17, 15) is 0 Å². The monoisotopic (exact) mass is 198 g/mol. The number of likely N-dealkylation sites (N-methyl/N-ethyl adjacent to an activating group) is 2. The third kappa shape index (κ3) is 3.58. The lowest BCUT2D eigenvalue weighted by molar-refractivity contribution is 0.216. The third-order valence-electron chi connectivity index (χ3n) is 3.64. The van der Waals surface area contributed by atoms with E-state index < -0.39 is 0 Å². The van der Waals surface area contributed by atoms with Gasteiger partial charge in [0, 0.05) is 12.6 Å². The Labute approximate surface area is 89.1 Å². The molecule has 14 heavy (non-hydrogen) atoms. The molecule has 0 aromatic heterocycles. The van der Waals surface area contributed by atoms with Crippen LogP contribution in [0.5, 0.6) is 0 Å². The molecule has 1 fully saturated rings. The quantitative estimate of drug-likeness (QED) is 0.728. The number of hydrogen-bond acceptors (Lipinski definition) is 2. The topological polar surface area (TPSA) is 15.3 Å². The first-order chi connectivity index (χ1) is 6.77. The van der Waals surface area contributed by atoms with Gasteiger partial charge in [-0.1, -0.05) is 26.2 Å². The van der Waals surface area contributed by atoms with Crippen molar-refractivity contribution >= 4 is 0 Å². The Morgan fingerprint density at radius 3 is 2.43 bits per heavy atom.